The van der Waals surface area contributed by atoms with Gasteiger partial charge in [0.2, 0.25) is 0 Å². The number of hydrogen-bond acceptors (Lipinski definition) is 2. The Balaban J connectivity index is 2.36. The van der Waals surface area contributed by atoms with Crippen molar-refractivity contribution in [2.75, 3.05) is 7.05 Å². The van der Waals surface area contributed by atoms with Crippen LogP contribution in [0.5, 0.6) is 0 Å². The lowest BCUT2D eigenvalue weighted by molar-refractivity contribution is 0.563. The Labute approximate surface area is 106 Å². The van der Waals surface area contributed by atoms with E-state index in [1.165, 1.54) is 5.56 Å². The molecule has 0 aliphatic heterocycles. The molecule has 1 aromatic heterocycles. The van der Waals surface area contributed by atoms with Crippen LogP contribution in [0.3, 0.4) is 0 Å². The molecule has 0 spiro atoms. The fourth-order valence-electron chi connectivity index (χ4n) is 1.99. The van der Waals surface area contributed by atoms with E-state index in [9.17, 15) is 0 Å². The van der Waals surface area contributed by atoms with E-state index in [0.717, 1.165) is 17.3 Å². The minimum Gasteiger partial charge on any atom is -0.308 e. The molecule has 1 unspecified atom stereocenters. The normalized spacial score (nSPS) is 12.6. The van der Waals surface area contributed by atoms with Crippen LogP contribution in [-0.2, 0) is 6.54 Å². The van der Waals surface area contributed by atoms with Gasteiger partial charge in [0.15, 0.2) is 0 Å². The molecule has 0 aliphatic carbocycles. The maximum absolute atomic E-state index is 5.91. The second kappa shape index (κ2) is 5.34. The molecule has 1 heterocycles. The molecule has 17 heavy (non-hydrogen) atoms. The lowest BCUT2D eigenvalue weighted by Crippen LogP contribution is -2.21. The SMILES string of the molecule is CCn1nccc1C(NC)c1ccc(Cl)cc1. The van der Waals surface area contributed by atoms with Crippen LogP contribution in [0.1, 0.15) is 24.2 Å². The van der Waals surface area contributed by atoms with Crippen molar-refractivity contribution >= 4 is 11.6 Å². The Kier molecular flexibility index (Phi) is 3.82. The Hall–Kier alpha value is -1.32. The van der Waals surface area contributed by atoms with E-state index in [4.69, 9.17) is 11.6 Å². The minimum absolute atomic E-state index is 0.148. The lowest BCUT2D eigenvalue weighted by Gasteiger charge is -2.18. The molecule has 0 aliphatic rings. The highest BCUT2D eigenvalue weighted by Gasteiger charge is 2.15. The zero-order valence-corrected chi connectivity index (χ0v) is 10.8. The van der Waals surface area contributed by atoms with E-state index < -0.39 is 0 Å². The van der Waals surface area contributed by atoms with Gasteiger partial charge in [-0.25, -0.2) is 0 Å². The monoisotopic (exact) mass is 249 g/mol. The van der Waals surface area contributed by atoms with Gasteiger partial charge in [-0.2, -0.15) is 5.10 Å². The number of rotatable bonds is 4. The van der Waals surface area contributed by atoms with Crippen molar-refractivity contribution in [3.05, 3.63) is 52.8 Å². The molecule has 0 saturated carbocycles. The smallest absolute Gasteiger partial charge is 0.0745 e. The summed E-state index contributed by atoms with van der Waals surface area (Å²) in [7, 11) is 1.95. The van der Waals surface area contributed by atoms with Crippen LogP contribution in [-0.4, -0.2) is 16.8 Å². The first-order valence-electron chi connectivity index (χ1n) is 5.70. The molecule has 0 fully saturated rings. The van der Waals surface area contributed by atoms with Gasteiger partial charge in [-0.1, -0.05) is 23.7 Å². The zero-order chi connectivity index (χ0) is 12.3. The van der Waals surface area contributed by atoms with Crippen LogP contribution in [0.4, 0.5) is 0 Å². The highest BCUT2D eigenvalue weighted by molar-refractivity contribution is 6.30. The maximum Gasteiger partial charge on any atom is 0.0745 e. The molecular weight excluding hydrogens is 234 g/mol. The summed E-state index contributed by atoms with van der Waals surface area (Å²) in [5, 5.41) is 8.37. The van der Waals surface area contributed by atoms with Crippen LogP contribution >= 0.6 is 11.6 Å². The van der Waals surface area contributed by atoms with Crippen LogP contribution in [0.15, 0.2) is 36.5 Å². The molecule has 4 heteroatoms. The first kappa shape index (κ1) is 12.1. The molecule has 0 saturated heterocycles. The van der Waals surface area contributed by atoms with Gasteiger partial charge in [0.25, 0.3) is 0 Å². The highest BCUT2D eigenvalue weighted by atomic mass is 35.5. The average molecular weight is 250 g/mol. The number of aromatic nitrogens is 2. The van der Waals surface area contributed by atoms with Gasteiger partial charge in [-0.15, -0.1) is 0 Å². The second-order valence-electron chi connectivity index (χ2n) is 3.85. The van der Waals surface area contributed by atoms with E-state index in [0.29, 0.717) is 0 Å². The van der Waals surface area contributed by atoms with Crippen molar-refractivity contribution in [3.63, 3.8) is 0 Å². The number of nitrogens with zero attached hydrogens (tertiary/aromatic N) is 2. The Morgan fingerprint density at radius 3 is 2.59 bits per heavy atom. The van der Waals surface area contributed by atoms with Gasteiger partial charge in [0.1, 0.15) is 0 Å². The number of benzene rings is 1. The summed E-state index contributed by atoms with van der Waals surface area (Å²) in [6, 6.07) is 10.1. The van der Waals surface area contributed by atoms with Crippen molar-refractivity contribution in [2.24, 2.45) is 0 Å². The van der Waals surface area contributed by atoms with Crippen LogP contribution < -0.4 is 5.32 Å². The zero-order valence-electron chi connectivity index (χ0n) is 10.0. The van der Waals surface area contributed by atoms with Crippen molar-refractivity contribution < 1.29 is 0 Å². The summed E-state index contributed by atoms with van der Waals surface area (Å²) < 4.78 is 2.00. The topological polar surface area (TPSA) is 29.9 Å². The highest BCUT2D eigenvalue weighted by Crippen LogP contribution is 2.22. The van der Waals surface area contributed by atoms with Crippen LogP contribution in [0.2, 0.25) is 5.02 Å². The summed E-state index contributed by atoms with van der Waals surface area (Å²) in [4.78, 5) is 0. The lowest BCUT2D eigenvalue weighted by atomic mass is 10.0. The van der Waals surface area contributed by atoms with Crippen LogP contribution in [0, 0.1) is 0 Å². The maximum atomic E-state index is 5.91. The Morgan fingerprint density at radius 1 is 1.29 bits per heavy atom. The third kappa shape index (κ3) is 2.51. The molecular formula is C13H16ClN3. The largest absolute Gasteiger partial charge is 0.308 e. The van der Waals surface area contributed by atoms with Crippen molar-refractivity contribution in [1.29, 1.82) is 0 Å². The summed E-state index contributed by atoms with van der Waals surface area (Å²) in [5.74, 6) is 0. The third-order valence-electron chi connectivity index (χ3n) is 2.84. The number of nitrogens with one attached hydrogen (secondary N) is 1. The molecule has 90 valence electrons. The molecule has 1 atom stereocenters. The number of aryl methyl sites for hydroxylation is 1. The predicted molar refractivity (Wildman–Crippen MR) is 70.3 cm³/mol. The molecule has 2 aromatic rings. The van der Waals surface area contributed by atoms with E-state index in [-0.39, 0.29) is 6.04 Å². The molecule has 3 nitrogen and oxygen atoms in total. The molecule has 0 amide bonds. The fraction of sp³-hybridized carbons (Fsp3) is 0.308. The molecule has 1 N–H and O–H groups in total. The summed E-state index contributed by atoms with van der Waals surface area (Å²) >= 11 is 5.91. The van der Waals surface area contributed by atoms with E-state index in [2.05, 4.69) is 17.3 Å². The Morgan fingerprint density at radius 2 is 2.00 bits per heavy atom. The summed E-state index contributed by atoms with van der Waals surface area (Å²) in [5.41, 5.74) is 2.35. The first-order chi connectivity index (χ1) is 8.26. The fourth-order valence-corrected chi connectivity index (χ4v) is 2.12. The quantitative estimate of drug-likeness (QED) is 0.903. The van der Waals surface area contributed by atoms with Gasteiger partial charge in [-0.3, -0.25) is 4.68 Å². The van der Waals surface area contributed by atoms with Crippen molar-refractivity contribution in [2.45, 2.75) is 19.5 Å². The van der Waals surface area contributed by atoms with E-state index in [1.54, 1.807) is 0 Å². The second-order valence-corrected chi connectivity index (χ2v) is 4.28. The molecule has 1 aromatic carbocycles. The number of halogens is 1. The van der Waals surface area contributed by atoms with Gasteiger partial charge >= 0.3 is 0 Å². The Bertz CT molecular complexity index is 476. The standard InChI is InChI=1S/C13H16ClN3/c1-3-17-12(8-9-16-17)13(15-2)10-4-6-11(14)7-5-10/h4-9,13,15H,3H2,1-2H3. The van der Waals surface area contributed by atoms with E-state index in [1.807, 2.05) is 48.3 Å². The van der Waals surface area contributed by atoms with Crippen molar-refractivity contribution in [3.8, 4) is 0 Å². The summed E-state index contributed by atoms with van der Waals surface area (Å²) in [6.45, 7) is 2.96. The van der Waals surface area contributed by atoms with Crippen molar-refractivity contribution in [1.82, 2.24) is 15.1 Å². The number of hydrogen-bond donors (Lipinski definition) is 1. The third-order valence-corrected chi connectivity index (χ3v) is 3.09. The predicted octanol–water partition coefficient (Wildman–Crippen LogP) is 2.87. The van der Waals surface area contributed by atoms with Gasteiger partial charge in [0.05, 0.1) is 11.7 Å². The van der Waals surface area contributed by atoms with Gasteiger partial charge in [0, 0.05) is 17.8 Å². The summed E-state index contributed by atoms with van der Waals surface area (Å²) in [6.07, 6.45) is 1.83. The first-order valence-corrected chi connectivity index (χ1v) is 6.08. The van der Waals surface area contributed by atoms with Gasteiger partial charge < -0.3 is 5.32 Å². The van der Waals surface area contributed by atoms with Crippen LogP contribution in [0.25, 0.3) is 0 Å². The molecule has 0 bridgehead atoms. The minimum atomic E-state index is 0.148. The molecule has 2 rings (SSSR count). The molecule has 0 radical (unpaired) electrons. The average Bonchev–Trinajstić information content (AvgIpc) is 2.81. The van der Waals surface area contributed by atoms with Gasteiger partial charge in [-0.05, 0) is 37.7 Å². The van der Waals surface area contributed by atoms with E-state index >= 15 is 0 Å².